The number of aromatic hydroxyl groups is 1. The number of rotatable bonds is 5. The fourth-order valence-electron chi connectivity index (χ4n) is 2.41. The minimum absolute atomic E-state index is 0.0227. The summed E-state index contributed by atoms with van der Waals surface area (Å²) in [5, 5.41) is 23.1. The SMILES string of the molecule is Cn1c(-c2sccc2NC(=O)OCc2ccccc2Cl)nc(OC(=O)O)c(O)c1=O. The number of carbonyl (C=O) groups excluding carboxylic acids is 1. The van der Waals surface area contributed by atoms with Crippen LogP contribution >= 0.6 is 22.9 Å². The average Bonchev–Trinajstić information content (AvgIpc) is 3.15. The number of thiophene rings is 1. The van der Waals surface area contributed by atoms with E-state index in [2.05, 4.69) is 15.0 Å². The van der Waals surface area contributed by atoms with E-state index in [0.29, 0.717) is 15.5 Å². The first kappa shape index (κ1) is 21.1. The number of anilines is 1. The zero-order chi connectivity index (χ0) is 21.8. The van der Waals surface area contributed by atoms with Gasteiger partial charge in [0.15, 0.2) is 5.82 Å². The van der Waals surface area contributed by atoms with Crippen molar-refractivity contribution in [3.63, 3.8) is 0 Å². The highest BCUT2D eigenvalue weighted by atomic mass is 35.5. The molecule has 0 aliphatic heterocycles. The Bertz CT molecular complexity index is 1170. The number of hydrogen-bond acceptors (Lipinski definition) is 8. The lowest BCUT2D eigenvalue weighted by atomic mass is 10.2. The van der Waals surface area contributed by atoms with Crippen molar-refractivity contribution in [1.29, 1.82) is 0 Å². The Hall–Kier alpha value is -3.57. The van der Waals surface area contributed by atoms with Gasteiger partial charge in [-0.3, -0.25) is 14.7 Å². The Morgan fingerprint density at radius 2 is 2.03 bits per heavy atom. The second-order valence-electron chi connectivity index (χ2n) is 5.78. The van der Waals surface area contributed by atoms with Crippen molar-refractivity contribution in [2.24, 2.45) is 7.05 Å². The van der Waals surface area contributed by atoms with Gasteiger partial charge in [0.1, 0.15) is 6.61 Å². The maximum Gasteiger partial charge on any atom is 0.512 e. The van der Waals surface area contributed by atoms with Gasteiger partial charge in [0.2, 0.25) is 5.75 Å². The number of nitrogens with zero attached hydrogens (tertiary/aromatic N) is 2. The predicted octanol–water partition coefficient (Wildman–Crippen LogP) is 3.67. The molecule has 0 saturated heterocycles. The van der Waals surface area contributed by atoms with E-state index in [9.17, 15) is 19.5 Å². The molecule has 0 atom stereocenters. The third-order valence-electron chi connectivity index (χ3n) is 3.84. The molecule has 2 heterocycles. The Balaban J connectivity index is 1.84. The molecule has 0 aliphatic rings. The normalized spacial score (nSPS) is 10.5. The molecule has 2 aromatic heterocycles. The summed E-state index contributed by atoms with van der Waals surface area (Å²) in [6.45, 7) is -0.0580. The van der Waals surface area contributed by atoms with Crippen molar-refractivity contribution in [2.45, 2.75) is 6.61 Å². The molecule has 12 heteroatoms. The summed E-state index contributed by atoms with van der Waals surface area (Å²) in [5.74, 6) is -1.74. The summed E-state index contributed by atoms with van der Waals surface area (Å²) in [6, 6.07) is 8.44. The van der Waals surface area contributed by atoms with Crippen LogP contribution in [-0.4, -0.2) is 32.0 Å². The molecule has 0 radical (unpaired) electrons. The number of hydrogen-bond donors (Lipinski definition) is 3. The van der Waals surface area contributed by atoms with Crippen LogP contribution in [0.5, 0.6) is 11.6 Å². The quantitative estimate of drug-likeness (QED) is 0.499. The van der Waals surface area contributed by atoms with E-state index in [-0.39, 0.29) is 18.1 Å². The van der Waals surface area contributed by atoms with E-state index >= 15 is 0 Å². The van der Waals surface area contributed by atoms with Crippen molar-refractivity contribution in [3.8, 4) is 22.3 Å². The zero-order valence-corrected chi connectivity index (χ0v) is 16.9. The summed E-state index contributed by atoms with van der Waals surface area (Å²) in [5.41, 5.74) is -0.0339. The summed E-state index contributed by atoms with van der Waals surface area (Å²) < 4.78 is 10.5. The molecule has 1 amide bonds. The van der Waals surface area contributed by atoms with E-state index in [4.69, 9.17) is 21.4 Å². The maximum absolute atomic E-state index is 12.2. The van der Waals surface area contributed by atoms with E-state index < -0.39 is 29.4 Å². The fourth-order valence-corrected chi connectivity index (χ4v) is 3.48. The second kappa shape index (κ2) is 8.84. The van der Waals surface area contributed by atoms with Gasteiger partial charge in [0, 0.05) is 17.6 Å². The lowest BCUT2D eigenvalue weighted by molar-refractivity contribution is 0.140. The molecule has 0 saturated carbocycles. The van der Waals surface area contributed by atoms with E-state index in [1.165, 1.54) is 7.05 Å². The van der Waals surface area contributed by atoms with Gasteiger partial charge in [-0.25, -0.2) is 9.59 Å². The van der Waals surface area contributed by atoms with E-state index in [1.54, 1.807) is 35.7 Å². The van der Waals surface area contributed by atoms with Crippen LogP contribution in [-0.2, 0) is 18.4 Å². The first-order chi connectivity index (χ1) is 14.3. The predicted molar refractivity (Wildman–Crippen MR) is 108 cm³/mol. The number of carbonyl (C=O) groups is 2. The van der Waals surface area contributed by atoms with Gasteiger partial charge in [0.25, 0.3) is 11.4 Å². The Morgan fingerprint density at radius 3 is 2.73 bits per heavy atom. The monoisotopic (exact) mass is 451 g/mol. The number of nitrogens with one attached hydrogen (secondary N) is 1. The largest absolute Gasteiger partial charge is 0.512 e. The van der Waals surface area contributed by atoms with Crippen LogP contribution in [0.1, 0.15) is 5.56 Å². The number of amides is 1. The molecule has 3 N–H and O–H groups in total. The van der Waals surface area contributed by atoms with Crippen LogP contribution in [0.2, 0.25) is 5.02 Å². The van der Waals surface area contributed by atoms with Gasteiger partial charge in [-0.2, -0.15) is 4.98 Å². The van der Waals surface area contributed by atoms with Gasteiger partial charge < -0.3 is 19.7 Å². The molecule has 0 spiro atoms. The van der Waals surface area contributed by atoms with Crippen LogP contribution in [0, 0.1) is 0 Å². The molecular formula is C18H14ClN3O7S. The number of benzene rings is 1. The van der Waals surface area contributed by atoms with Crippen LogP contribution in [0.3, 0.4) is 0 Å². The van der Waals surface area contributed by atoms with Gasteiger partial charge in [-0.15, -0.1) is 11.3 Å². The average molecular weight is 452 g/mol. The van der Waals surface area contributed by atoms with Crippen LogP contribution in [0.4, 0.5) is 15.3 Å². The summed E-state index contributed by atoms with van der Waals surface area (Å²) in [4.78, 5) is 39.4. The highest BCUT2D eigenvalue weighted by molar-refractivity contribution is 7.14. The standard InChI is InChI=1S/C18H14ClN3O7S/c1-22-14(21-15(29-18(26)27)12(23)16(22)24)13-11(6-7-30-13)20-17(25)28-8-9-4-2-3-5-10(9)19/h2-7,23H,8H2,1H3,(H,20,25)(H,26,27). The number of aromatic nitrogens is 2. The Kier molecular flexibility index (Phi) is 6.23. The van der Waals surface area contributed by atoms with E-state index in [1.807, 2.05) is 0 Å². The number of halogens is 1. The third-order valence-corrected chi connectivity index (χ3v) is 5.12. The smallest absolute Gasteiger partial charge is 0.499 e. The van der Waals surface area contributed by atoms with Gasteiger partial charge in [-0.1, -0.05) is 29.8 Å². The maximum atomic E-state index is 12.2. The first-order valence-electron chi connectivity index (χ1n) is 8.23. The minimum atomic E-state index is -1.75. The molecule has 0 unspecified atom stereocenters. The molecule has 0 fully saturated rings. The fraction of sp³-hybridized carbons (Fsp3) is 0.111. The van der Waals surface area contributed by atoms with Crippen molar-refractivity contribution < 1.29 is 29.3 Å². The third kappa shape index (κ3) is 4.53. The van der Waals surface area contributed by atoms with Crippen molar-refractivity contribution in [2.75, 3.05) is 5.32 Å². The van der Waals surface area contributed by atoms with Crippen LogP contribution in [0.25, 0.3) is 10.7 Å². The molecule has 30 heavy (non-hydrogen) atoms. The highest BCUT2D eigenvalue weighted by Crippen LogP contribution is 2.34. The minimum Gasteiger partial charge on any atom is -0.499 e. The van der Waals surface area contributed by atoms with Crippen molar-refractivity contribution in [1.82, 2.24) is 9.55 Å². The molecule has 1 aromatic carbocycles. The molecule has 3 aromatic rings. The molecule has 0 aliphatic carbocycles. The molecule has 10 nitrogen and oxygen atoms in total. The van der Waals surface area contributed by atoms with E-state index in [0.717, 1.165) is 15.9 Å². The molecule has 0 bridgehead atoms. The number of carboxylic acid groups (broad SMARTS) is 1. The Labute approximate surface area is 177 Å². The number of ether oxygens (including phenoxy) is 2. The van der Waals surface area contributed by atoms with Crippen LogP contribution in [0.15, 0.2) is 40.5 Å². The van der Waals surface area contributed by atoms with Crippen molar-refractivity contribution >= 4 is 40.9 Å². The first-order valence-corrected chi connectivity index (χ1v) is 9.49. The van der Waals surface area contributed by atoms with Gasteiger partial charge >= 0.3 is 12.2 Å². The topological polar surface area (TPSA) is 140 Å². The lowest BCUT2D eigenvalue weighted by Crippen LogP contribution is -2.22. The molecule has 3 rings (SSSR count). The summed E-state index contributed by atoms with van der Waals surface area (Å²) in [6.07, 6.45) is -2.52. The summed E-state index contributed by atoms with van der Waals surface area (Å²) in [7, 11) is 1.33. The zero-order valence-electron chi connectivity index (χ0n) is 15.3. The second-order valence-corrected chi connectivity index (χ2v) is 7.10. The molecular weight excluding hydrogens is 438 g/mol. The highest BCUT2D eigenvalue weighted by Gasteiger charge is 2.22. The van der Waals surface area contributed by atoms with Gasteiger partial charge in [-0.05, 0) is 17.5 Å². The molecule has 156 valence electrons. The van der Waals surface area contributed by atoms with Gasteiger partial charge in [0.05, 0.1) is 10.6 Å². The summed E-state index contributed by atoms with van der Waals surface area (Å²) >= 11 is 7.15. The van der Waals surface area contributed by atoms with Crippen LogP contribution < -0.4 is 15.6 Å². The lowest BCUT2D eigenvalue weighted by Gasteiger charge is -2.12. The van der Waals surface area contributed by atoms with Crippen molar-refractivity contribution in [3.05, 3.63) is 56.7 Å². The Morgan fingerprint density at radius 1 is 1.30 bits per heavy atom.